The van der Waals surface area contributed by atoms with Crippen molar-refractivity contribution in [2.24, 2.45) is 5.92 Å². The largest absolute Gasteiger partial charge is 0.481 e. The molecule has 5 heteroatoms. The first kappa shape index (κ1) is 11.6. The molecule has 1 N–H and O–H groups in total. The zero-order valence-corrected chi connectivity index (χ0v) is 9.20. The van der Waals surface area contributed by atoms with Crippen molar-refractivity contribution < 1.29 is 14.8 Å². The number of carboxylic acid groups (broad SMARTS) is 1. The molecule has 1 aromatic rings. The van der Waals surface area contributed by atoms with Gasteiger partial charge in [-0.2, -0.15) is 0 Å². The molecular weight excluding hydrogens is 222 g/mol. The van der Waals surface area contributed by atoms with Gasteiger partial charge in [0.1, 0.15) is 0 Å². The van der Waals surface area contributed by atoms with E-state index in [1.807, 2.05) is 0 Å². The van der Waals surface area contributed by atoms with Crippen LogP contribution in [0.25, 0.3) is 0 Å². The Morgan fingerprint density at radius 1 is 1.53 bits per heavy atom. The standard InChI is InChI=1S/C12H13NO4/c14-12(15)7-11(8-4-5-8)9-2-1-3-10(6-9)13(16)17/h1-3,6,8,11H,4-5,7H2,(H,14,15)/t11-/m1/s1. The van der Waals surface area contributed by atoms with Crippen LogP contribution in [0.1, 0.15) is 30.7 Å². The quantitative estimate of drug-likeness (QED) is 0.628. The number of benzene rings is 1. The molecule has 1 atom stereocenters. The third-order valence-corrected chi connectivity index (χ3v) is 3.09. The molecule has 1 aromatic carbocycles. The number of non-ortho nitro benzene ring substituents is 1. The van der Waals surface area contributed by atoms with Gasteiger partial charge in [-0.1, -0.05) is 12.1 Å². The molecule has 1 fully saturated rings. The van der Waals surface area contributed by atoms with E-state index >= 15 is 0 Å². The molecule has 0 spiro atoms. The van der Waals surface area contributed by atoms with E-state index < -0.39 is 10.9 Å². The molecule has 1 saturated carbocycles. The van der Waals surface area contributed by atoms with Crippen LogP contribution in [0.5, 0.6) is 0 Å². The molecule has 0 saturated heterocycles. The normalized spacial score (nSPS) is 16.5. The highest BCUT2D eigenvalue weighted by molar-refractivity contribution is 5.68. The van der Waals surface area contributed by atoms with Crippen LogP contribution in [0.15, 0.2) is 24.3 Å². The zero-order chi connectivity index (χ0) is 12.4. The lowest BCUT2D eigenvalue weighted by Gasteiger charge is -2.13. The summed E-state index contributed by atoms with van der Waals surface area (Å²) < 4.78 is 0. The van der Waals surface area contributed by atoms with E-state index in [1.54, 1.807) is 12.1 Å². The van der Waals surface area contributed by atoms with E-state index in [-0.39, 0.29) is 18.0 Å². The second-order valence-electron chi connectivity index (χ2n) is 4.39. The molecule has 2 rings (SSSR count). The molecule has 0 aromatic heterocycles. The summed E-state index contributed by atoms with van der Waals surface area (Å²) in [6.45, 7) is 0. The molecule has 5 nitrogen and oxygen atoms in total. The Labute approximate surface area is 98.2 Å². The Hall–Kier alpha value is -1.91. The van der Waals surface area contributed by atoms with Gasteiger partial charge in [0.2, 0.25) is 0 Å². The lowest BCUT2D eigenvalue weighted by Crippen LogP contribution is -2.08. The molecule has 0 amide bonds. The number of aliphatic carboxylic acids is 1. The fourth-order valence-electron chi connectivity index (χ4n) is 2.11. The smallest absolute Gasteiger partial charge is 0.303 e. The lowest BCUT2D eigenvalue weighted by atomic mass is 9.91. The second-order valence-corrected chi connectivity index (χ2v) is 4.39. The second kappa shape index (κ2) is 4.53. The third-order valence-electron chi connectivity index (χ3n) is 3.09. The summed E-state index contributed by atoms with van der Waals surface area (Å²) in [7, 11) is 0. The summed E-state index contributed by atoms with van der Waals surface area (Å²) in [5, 5.41) is 19.5. The molecule has 17 heavy (non-hydrogen) atoms. The number of hydrogen-bond donors (Lipinski definition) is 1. The SMILES string of the molecule is O=C(O)C[C@@H](c1cccc([N+](=O)[O-])c1)C1CC1. The van der Waals surface area contributed by atoms with Crippen molar-refractivity contribution in [2.45, 2.75) is 25.2 Å². The molecule has 0 radical (unpaired) electrons. The summed E-state index contributed by atoms with van der Waals surface area (Å²) in [4.78, 5) is 21.0. The van der Waals surface area contributed by atoms with Gasteiger partial charge in [-0.15, -0.1) is 0 Å². The number of nitro benzene ring substituents is 1. The van der Waals surface area contributed by atoms with E-state index in [0.29, 0.717) is 5.92 Å². The van der Waals surface area contributed by atoms with Crippen LogP contribution in [0.2, 0.25) is 0 Å². The van der Waals surface area contributed by atoms with Crippen molar-refractivity contribution in [3.05, 3.63) is 39.9 Å². The monoisotopic (exact) mass is 235 g/mol. The Balaban J connectivity index is 2.25. The van der Waals surface area contributed by atoms with Crippen LogP contribution in [0.4, 0.5) is 5.69 Å². The van der Waals surface area contributed by atoms with Gasteiger partial charge in [0.15, 0.2) is 0 Å². The van der Waals surface area contributed by atoms with Crippen molar-refractivity contribution in [3.63, 3.8) is 0 Å². The minimum atomic E-state index is -0.853. The van der Waals surface area contributed by atoms with Gasteiger partial charge in [0, 0.05) is 12.1 Å². The molecule has 0 bridgehead atoms. The van der Waals surface area contributed by atoms with Gasteiger partial charge in [0.05, 0.1) is 11.3 Å². The van der Waals surface area contributed by atoms with E-state index in [1.165, 1.54) is 12.1 Å². The van der Waals surface area contributed by atoms with Crippen molar-refractivity contribution in [1.29, 1.82) is 0 Å². The fraction of sp³-hybridized carbons (Fsp3) is 0.417. The first-order valence-corrected chi connectivity index (χ1v) is 5.54. The molecule has 1 aliphatic rings. The summed E-state index contributed by atoms with van der Waals surface area (Å²) in [5.41, 5.74) is 0.794. The Kier molecular flexibility index (Phi) is 3.08. The van der Waals surface area contributed by atoms with Crippen molar-refractivity contribution in [1.82, 2.24) is 0 Å². The number of carbonyl (C=O) groups is 1. The van der Waals surface area contributed by atoms with Crippen LogP contribution in [0.3, 0.4) is 0 Å². The van der Waals surface area contributed by atoms with Crippen molar-refractivity contribution in [3.8, 4) is 0 Å². The minimum absolute atomic E-state index is 0.0264. The molecule has 0 unspecified atom stereocenters. The average molecular weight is 235 g/mol. The molecule has 90 valence electrons. The van der Waals surface area contributed by atoms with Crippen LogP contribution in [-0.4, -0.2) is 16.0 Å². The molecule has 0 aliphatic heterocycles. The first-order chi connectivity index (χ1) is 8.08. The maximum atomic E-state index is 10.8. The lowest BCUT2D eigenvalue weighted by molar-refractivity contribution is -0.384. The average Bonchev–Trinajstić information content (AvgIpc) is 3.09. The van der Waals surface area contributed by atoms with Gasteiger partial charge in [0.25, 0.3) is 5.69 Å². The van der Waals surface area contributed by atoms with Crippen LogP contribution in [-0.2, 0) is 4.79 Å². The van der Waals surface area contributed by atoms with E-state index in [2.05, 4.69) is 0 Å². The molecular formula is C12H13NO4. The molecule has 1 aliphatic carbocycles. The predicted molar refractivity (Wildman–Crippen MR) is 60.8 cm³/mol. The van der Waals surface area contributed by atoms with Crippen LogP contribution >= 0.6 is 0 Å². The predicted octanol–water partition coefficient (Wildman–Crippen LogP) is 2.56. The highest BCUT2D eigenvalue weighted by Crippen LogP contribution is 2.44. The maximum absolute atomic E-state index is 10.8. The van der Waals surface area contributed by atoms with Gasteiger partial charge in [-0.25, -0.2) is 0 Å². The highest BCUT2D eigenvalue weighted by atomic mass is 16.6. The summed E-state index contributed by atoms with van der Waals surface area (Å²) in [5.74, 6) is -0.575. The fourth-order valence-corrected chi connectivity index (χ4v) is 2.11. The molecule has 0 heterocycles. The van der Waals surface area contributed by atoms with E-state index in [0.717, 1.165) is 18.4 Å². The van der Waals surface area contributed by atoms with Crippen LogP contribution in [0, 0.1) is 16.0 Å². The summed E-state index contributed by atoms with van der Waals surface area (Å²) in [6.07, 6.45) is 2.08. The Morgan fingerprint density at radius 2 is 2.24 bits per heavy atom. The first-order valence-electron chi connectivity index (χ1n) is 5.54. The number of rotatable bonds is 5. The third kappa shape index (κ3) is 2.81. The van der Waals surface area contributed by atoms with E-state index in [4.69, 9.17) is 5.11 Å². The van der Waals surface area contributed by atoms with Gasteiger partial charge >= 0.3 is 5.97 Å². The van der Waals surface area contributed by atoms with Crippen LogP contribution < -0.4 is 0 Å². The van der Waals surface area contributed by atoms with Crippen molar-refractivity contribution in [2.75, 3.05) is 0 Å². The number of nitrogens with zero attached hydrogens (tertiary/aromatic N) is 1. The zero-order valence-electron chi connectivity index (χ0n) is 9.20. The van der Waals surface area contributed by atoms with Gasteiger partial charge in [-0.05, 0) is 30.2 Å². The van der Waals surface area contributed by atoms with Crippen molar-refractivity contribution >= 4 is 11.7 Å². The maximum Gasteiger partial charge on any atom is 0.303 e. The Bertz CT molecular complexity index is 454. The van der Waals surface area contributed by atoms with E-state index in [9.17, 15) is 14.9 Å². The number of carboxylic acids is 1. The number of hydrogen-bond acceptors (Lipinski definition) is 3. The Morgan fingerprint density at radius 3 is 2.76 bits per heavy atom. The summed E-state index contributed by atoms with van der Waals surface area (Å²) >= 11 is 0. The minimum Gasteiger partial charge on any atom is -0.481 e. The summed E-state index contributed by atoms with van der Waals surface area (Å²) in [6, 6.07) is 6.31. The topological polar surface area (TPSA) is 80.4 Å². The number of nitro groups is 1. The van der Waals surface area contributed by atoms with Gasteiger partial charge < -0.3 is 5.11 Å². The highest BCUT2D eigenvalue weighted by Gasteiger charge is 2.34. The van der Waals surface area contributed by atoms with Gasteiger partial charge in [-0.3, -0.25) is 14.9 Å².